The van der Waals surface area contributed by atoms with Crippen molar-refractivity contribution in [2.75, 3.05) is 17.2 Å². The molecule has 0 heterocycles. The van der Waals surface area contributed by atoms with Crippen LogP contribution in [0.15, 0.2) is 24.3 Å². The summed E-state index contributed by atoms with van der Waals surface area (Å²) in [6.45, 7) is -0.347. The number of amides is 1. The first kappa shape index (κ1) is 14.4. The monoisotopic (exact) mass is 276 g/mol. The third kappa shape index (κ3) is 3.50. The van der Waals surface area contributed by atoms with Gasteiger partial charge in [-0.05, 0) is 30.9 Å². The number of nitrogens with zero attached hydrogens (tertiary/aromatic N) is 1. The second-order valence-corrected chi connectivity index (χ2v) is 5.29. The standard InChI is InChI=1S/C15H20N2O3/c16-12-7-3-4-8-13(12)17(10-15(19)20)14(18)9-11-5-1-2-6-11/h3-4,7-8,11H,1-2,5-6,9-10,16H2,(H,19,20). The van der Waals surface area contributed by atoms with Gasteiger partial charge >= 0.3 is 5.97 Å². The largest absolute Gasteiger partial charge is 0.480 e. The van der Waals surface area contributed by atoms with Crippen LogP contribution >= 0.6 is 0 Å². The van der Waals surface area contributed by atoms with Crippen LogP contribution in [0.25, 0.3) is 0 Å². The summed E-state index contributed by atoms with van der Waals surface area (Å²) in [4.78, 5) is 24.7. The van der Waals surface area contributed by atoms with E-state index >= 15 is 0 Å². The Morgan fingerprint density at radius 3 is 2.50 bits per heavy atom. The molecule has 1 saturated carbocycles. The summed E-state index contributed by atoms with van der Waals surface area (Å²) in [7, 11) is 0. The van der Waals surface area contributed by atoms with Crippen molar-refractivity contribution in [2.45, 2.75) is 32.1 Å². The van der Waals surface area contributed by atoms with E-state index in [0.29, 0.717) is 23.7 Å². The van der Waals surface area contributed by atoms with Crippen LogP contribution in [-0.2, 0) is 9.59 Å². The van der Waals surface area contributed by atoms with Gasteiger partial charge in [0.05, 0.1) is 11.4 Å². The maximum Gasteiger partial charge on any atom is 0.323 e. The van der Waals surface area contributed by atoms with Crippen LogP contribution in [0.1, 0.15) is 32.1 Å². The lowest BCUT2D eigenvalue weighted by atomic mass is 10.0. The highest BCUT2D eigenvalue weighted by Crippen LogP contribution is 2.30. The summed E-state index contributed by atoms with van der Waals surface area (Å²) in [6.07, 6.45) is 4.82. The van der Waals surface area contributed by atoms with Gasteiger partial charge in [0, 0.05) is 6.42 Å². The summed E-state index contributed by atoms with van der Waals surface area (Å²) < 4.78 is 0. The van der Waals surface area contributed by atoms with E-state index in [1.807, 2.05) is 0 Å². The first-order chi connectivity index (χ1) is 9.58. The minimum atomic E-state index is -1.03. The average molecular weight is 276 g/mol. The van der Waals surface area contributed by atoms with Gasteiger partial charge in [0.15, 0.2) is 0 Å². The van der Waals surface area contributed by atoms with Gasteiger partial charge in [-0.3, -0.25) is 14.5 Å². The lowest BCUT2D eigenvalue weighted by Gasteiger charge is -2.23. The van der Waals surface area contributed by atoms with Crippen LogP contribution < -0.4 is 10.6 Å². The van der Waals surface area contributed by atoms with Crippen LogP contribution in [0.4, 0.5) is 11.4 Å². The topological polar surface area (TPSA) is 83.6 Å². The number of carbonyl (C=O) groups excluding carboxylic acids is 1. The van der Waals surface area contributed by atoms with E-state index in [9.17, 15) is 9.59 Å². The summed E-state index contributed by atoms with van der Waals surface area (Å²) in [6, 6.07) is 6.88. The molecule has 0 unspecified atom stereocenters. The van der Waals surface area contributed by atoms with Crippen molar-refractivity contribution < 1.29 is 14.7 Å². The maximum absolute atomic E-state index is 12.4. The van der Waals surface area contributed by atoms with E-state index in [4.69, 9.17) is 10.8 Å². The highest BCUT2D eigenvalue weighted by atomic mass is 16.4. The predicted molar refractivity (Wildman–Crippen MR) is 77.4 cm³/mol. The van der Waals surface area contributed by atoms with Gasteiger partial charge in [-0.2, -0.15) is 0 Å². The van der Waals surface area contributed by atoms with Crippen molar-refractivity contribution in [3.8, 4) is 0 Å². The van der Waals surface area contributed by atoms with Gasteiger partial charge in [0.1, 0.15) is 6.54 Å². The number of anilines is 2. The molecule has 2 rings (SSSR count). The molecule has 0 saturated heterocycles. The van der Waals surface area contributed by atoms with E-state index in [2.05, 4.69) is 0 Å². The summed E-state index contributed by atoms with van der Waals surface area (Å²) in [5.41, 5.74) is 6.77. The molecule has 0 aliphatic heterocycles. The van der Waals surface area contributed by atoms with E-state index in [1.54, 1.807) is 24.3 Å². The average Bonchev–Trinajstić information content (AvgIpc) is 2.89. The molecule has 0 aromatic heterocycles. The fraction of sp³-hybridized carbons (Fsp3) is 0.467. The molecule has 0 spiro atoms. The SMILES string of the molecule is Nc1ccccc1N(CC(=O)O)C(=O)CC1CCCC1. The third-order valence-corrected chi connectivity index (χ3v) is 3.76. The zero-order chi connectivity index (χ0) is 14.5. The molecule has 5 heteroatoms. The smallest absolute Gasteiger partial charge is 0.323 e. The Hall–Kier alpha value is -2.04. The number of nitrogens with two attached hydrogens (primary N) is 1. The number of hydrogen-bond acceptors (Lipinski definition) is 3. The number of carboxylic acids is 1. The number of nitrogen functional groups attached to an aromatic ring is 1. The fourth-order valence-electron chi connectivity index (χ4n) is 2.75. The van der Waals surface area contributed by atoms with Gasteiger partial charge in [0.2, 0.25) is 5.91 Å². The molecule has 20 heavy (non-hydrogen) atoms. The van der Waals surface area contributed by atoms with Crippen molar-refractivity contribution in [1.82, 2.24) is 0 Å². The Kier molecular flexibility index (Phi) is 4.61. The Labute approximate surface area is 118 Å². The summed E-state index contributed by atoms with van der Waals surface area (Å²) in [5, 5.41) is 9.01. The van der Waals surface area contributed by atoms with Crippen LogP contribution in [0.2, 0.25) is 0 Å². The van der Waals surface area contributed by atoms with E-state index in [0.717, 1.165) is 25.7 Å². The lowest BCUT2D eigenvalue weighted by Crippen LogP contribution is -2.37. The van der Waals surface area contributed by atoms with Crippen LogP contribution in [0.3, 0.4) is 0 Å². The van der Waals surface area contributed by atoms with E-state index in [1.165, 1.54) is 4.90 Å². The molecule has 1 aromatic carbocycles. The zero-order valence-electron chi connectivity index (χ0n) is 11.4. The second kappa shape index (κ2) is 6.41. The minimum absolute atomic E-state index is 0.155. The van der Waals surface area contributed by atoms with Crippen molar-refractivity contribution in [3.05, 3.63) is 24.3 Å². The first-order valence-electron chi connectivity index (χ1n) is 6.94. The summed E-state index contributed by atoms with van der Waals surface area (Å²) >= 11 is 0. The number of hydrogen-bond donors (Lipinski definition) is 2. The van der Waals surface area contributed by atoms with Gasteiger partial charge in [-0.25, -0.2) is 0 Å². The second-order valence-electron chi connectivity index (χ2n) is 5.29. The van der Waals surface area contributed by atoms with Crippen LogP contribution in [0, 0.1) is 5.92 Å². The van der Waals surface area contributed by atoms with Crippen molar-refractivity contribution in [1.29, 1.82) is 0 Å². The van der Waals surface area contributed by atoms with E-state index < -0.39 is 5.97 Å². The van der Waals surface area contributed by atoms with Gasteiger partial charge in [0.25, 0.3) is 0 Å². The number of benzene rings is 1. The van der Waals surface area contributed by atoms with Gasteiger partial charge < -0.3 is 10.8 Å². The highest BCUT2D eigenvalue weighted by molar-refractivity contribution is 5.99. The molecule has 1 fully saturated rings. The van der Waals surface area contributed by atoms with E-state index in [-0.39, 0.29) is 12.5 Å². The molecule has 1 aromatic rings. The van der Waals surface area contributed by atoms with Crippen molar-refractivity contribution in [2.24, 2.45) is 5.92 Å². The van der Waals surface area contributed by atoms with Crippen molar-refractivity contribution >= 4 is 23.3 Å². The molecule has 1 amide bonds. The number of rotatable bonds is 5. The molecule has 1 aliphatic carbocycles. The van der Waals surface area contributed by atoms with Gasteiger partial charge in [-0.1, -0.05) is 25.0 Å². The first-order valence-corrected chi connectivity index (χ1v) is 6.94. The van der Waals surface area contributed by atoms with Gasteiger partial charge in [-0.15, -0.1) is 0 Å². The Bertz CT molecular complexity index is 496. The maximum atomic E-state index is 12.4. The van der Waals surface area contributed by atoms with Crippen LogP contribution in [0.5, 0.6) is 0 Å². The highest BCUT2D eigenvalue weighted by Gasteiger charge is 2.25. The summed E-state index contributed by atoms with van der Waals surface area (Å²) in [5.74, 6) is -0.811. The van der Waals surface area contributed by atoms with Crippen LogP contribution in [-0.4, -0.2) is 23.5 Å². The molecule has 0 bridgehead atoms. The number of carboxylic acid groups (broad SMARTS) is 1. The molecular formula is C15H20N2O3. The number of para-hydroxylation sites is 2. The zero-order valence-corrected chi connectivity index (χ0v) is 11.4. The predicted octanol–water partition coefficient (Wildman–Crippen LogP) is 2.27. The molecule has 108 valence electrons. The molecule has 3 N–H and O–H groups in total. The molecule has 0 radical (unpaired) electrons. The molecule has 0 atom stereocenters. The normalized spacial score (nSPS) is 15.2. The third-order valence-electron chi connectivity index (χ3n) is 3.76. The number of aliphatic carboxylic acids is 1. The molecule has 1 aliphatic rings. The Morgan fingerprint density at radius 1 is 1.25 bits per heavy atom. The Balaban J connectivity index is 2.16. The fourth-order valence-corrected chi connectivity index (χ4v) is 2.75. The quantitative estimate of drug-likeness (QED) is 0.808. The minimum Gasteiger partial charge on any atom is -0.480 e. The van der Waals surface area contributed by atoms with Crippen molar-refractivity contribution in [3.63, 3.8) is 0 Å². The molecule has 5 nitrogen and oxygen atoms in total. The number of carbonyl (C=O) groups is 2. The lowest BCUT2D eigenvalue weighted by molar-refractivity contribution is -0.136. The Morgan fingerprint density at radius 2 is 1.90 bits per heavy atom. The molecular weight excluding hydrogens is 256 g/mol.